The lowest BCUT2D eigenvalue weighted by Gasteiger charge is -2.14. The molecule has 0 aliphatic rings. The SMILES string of the molecule is Cc1nn2c(nc(NC[C@H](O)c3ccccc3)c3ccccc32)c1Cl. The third kappa shape index (κ3) is 2.81. The van der Waals surface area contributed by atoms with Gasteiger partial charge in [-0.3, -0.25) is 0 Å². The van der Waals surface area contributed by atoms with E-state index in [1.165, 1.54) is 0 Å². The number of nitrogens with one attached hydrogen (secondary N) is 1. The first-order valence-corrected chi connectivity index (χ1v) is 8.43. The van der Waals surface area contributed by atoms with Crippen LogP contribution in [0.15, 0.2) is 54.6 Å². The molecule has 0 fully saturated rings. The summed E-state index contributed by atoms with van der Waals surface area (Å²) in [7, 11) is 0. The second-order valence-corrected chi connectivity index (χ2v) is 6.30. The summed E-state index contributed by atoms with van der Waals surface area (Å²) in [4.78, 5) is 4.64. The van der Waals surface area contributed by atoms with Crippen molar-refractivity contribution in [1.29, 1.82) is 0 Å². The minimum absolute atomic E-state index is 0.349. The van der Waals surface area contributed by atoms with Gasteiger partial charge in [-0.15, -0.1) is 0 Å². The number of hydrogen-bond donors (Lipinski definition) is 2. The molecule has 4 rings (SSSR count). The van der Waals surface area contributed by atoms with Crippen LogP contribution in [-0.2, 0) is 0 Å². The lowest BCUT2D eigenvalue weighted by atomic mass is 10.1. The molecule has 5 nitrogen and oxygen atoms in total. The summed E-state index contributed by atoms with van der Waals surface area (Å²) in [6.07, 6.45) is -0.625. The second-order valence-electron chi connectivity index (χ2n) is 5.92. The van der Waals surface area contributed by atoms with Gasteiger partial charge in [0.15, 0.2) is 5.65 Å². The topological polar surface area (TPSA) is 62.5 Å². The molecule has 0 aliphatic heterocycles. The number of halogens is 1. The molecular weight excluding hydrogens is 336 g/mol. The van der Waals surface area contributed by atoms with E-state index in [0.717, 1.165) is 22.2 Å². The maximum absolute atomic E-state index is 10.4. The van der Waals surface area contributed by atoms with Crippen LogP contribution in [0, 0.1) is 6.92 Å². The van der Waals surface area contributed by atoms with E-state index in [1.54, 1.807) is 4.52 Å². The van der Waals surface area contributed by atoms with Gasteiger partial charge in [0.25, 0.3) is 0 Å². The summed E-state index contributed by atoms with van der Waals surface area (Å²) in [5, 5.41) is 19.6. The number of nitrogens with zero attached hydrogens (tertiary/aromatic N) is 3. The molecule has 4 aromatic rings. The number of hydrogen-bond acceptors (Lipinski definition) is 4. The standard InChI is InChI=1S/C19H17ClN4O/c1-12-17(20)19-22-18(14-9-5-6-10-15(14)24(19)23-12)21-11-16(25)13-7-3-2-4-8-13/h2-10,16,25H,11H2,1H3,(H,21,22)/t16-/m0/s1. The zero-order valence-electron chi connectivity index (χ0n) is 13.6. The van der Waals surface area contributed by atoms with E-state index < -0.39 is 6.10 Å². The zero-order chi connectivity index (χ0) is 17.4. The number of para-hydroxylation sites is 1. The largest absolute Gasteiger partial charge is 0.387 e. The maximum atomic E-state index is 10.4. The van der Waals surface area contributed by atoms with Crippen LogP contribution in [-0.4, -0.2) is 26.2 Å². The average Bonchev–Trinajstić information content (AvgIpc) is 2.95. The fourth-order valence-corrected chi connectivity index (χ4v) is 3.07. The number of fused-ring (bicyclic) bond motifs is 3. The van der Waals surface area contributed by atoms with E-state index in [0.29, 0.717) is 23.0 Å². The van der Waals surface area contributed by atoms with Gasteiger partial charge in [-0.1, -0.05) is 54.1 Å². The van der Waals surface area contributed by atoms with Crippen molar-refractivity contribution in [2.75, 3.05) is 11.9 Å². The number of benzene rings is 2. The fraction of sp³-hybridized carbons (Fsp3) is 0.158. The molecule has 2 aromatic carbocycles. The number of anilines is 1. The Morgan fingerprint density at radius 2 is 1.84 bits per heavy atom. The second kappa shape index (κ2) is 6.35. The molecule has 0 radical (unpaired) electrons. The number of rotatable bonds is 4. The smallest absolute Gasteiger partial charge is 0.176 e. The van der Waals surface area contributed by atoms with Crippen molar-refractivity contribution in [1.82, 2.24) is 14.6 Å². The summed E-state index contributed by atoms with van der Waals surface area (Å²) in [6.45, 7) is 2.21. The van der Waals surface area contributed by atoms with Crippen molar-refractivity contribution < 1.29 is 5.11 Å². The van der Waals surface area contributed by atoms with Gasteiger partial charge in [0.1, 0.15) is 10.8 Å². The summed E-state index contributed by atoms with van der Waals surface area (Å²) in [5.41, 5.74) is 3.12. The Labute approximate surface area is 149 Å². The molecule has 2 N–H and O–H groups in total. The summed E-state index contributed by atoms with van der Waals surface area (Å²) < 4.78 is 1.76. The molecule has 1 atom stereocenters. The van der Waals surface area contributed by atoms with E-state index in [1.807, 2.05) is 61.5 Å². The number of aliphatic hydroxyl groups is 1. The third-order valence-corrected chi connectivity index (χ3v) is 4.66. The van der Waals surface area contributed by atoms with E-state index in [9.17, 15) is 5.11 Å². The quantitative estimate of drug-likeness (QED) is 0.583. The molecule has 0 bridgehead atoms. The van der Waals surface area contributed by atoms with Gasteiger partial charge in [-0.2, -0.15) is 5.10 Å². The van der Waals surface area contributed by atoms with Crippen LogP contribution >= 0.6 is 11.6 Å². The lowest BCUT2D eigenvalue weighted by molar-refractivity contribution is 0.191. The van der Waals surface area contributed by atoms with Crippen LogP contribution in [0.4, 0.5) is 5.82 Å². The number of aryl methyl sites for hydroxylation is 1. The molecule has 0 saturated heterocycles. The van der Waals surface area contributed by atoms with Crippen LogP contribution in [0.25, 0.3) is 16.6 Å². The first-order valence-electron chi connectivity index (χ1n) is 8.05. The highest BCUT2D eigenvalue weighted by atomic mass is 35.5. The highest BCUT2D eigenvalue weighted by Crippen LogP contribution is 2.28. The van der Waals surface area contributed by atoms with Gasteiger partial charge in [0.05, 0.1) is 17.3 Å². The van der Waals surface area contributed by atoms with Gasteiger partial charge < -0.3 is 10.4 Å². The normalized spacial score (nSPS) is 12.6. The molecule has 126 valence electrons. The molecule has 0 amide bonds. The Kier molecular flexibility index (Phi) is 4.03. The molecule has 0 spiro atoms. The van der Waals surface area contributed by atoms with Crippen LogP contribution in [0.1, 0.15) is 17.4 Å². The van der Waals surface area contributed by atoms with Crippen molar-refractivity contribution >= 4 is 34.0 Å². The zero-order valence-corrected chi connectivity index (χ0v) is 14.4. The van der Waals surface area contributed by atoms with Gasteiger partial charge in [0, 0.05) is 11.9 Å². The molecule has 0 unspecified atom stereocenters. The van der Waals surface area contributed by atoms with E-state index >= 15 is 0 Å². The Morgan fingerprint density at radius 1 is 1.12 bits per heavy atom. The van der Waals surface area contributed by atoms with Crippen LogP contribution < -0.4 is 5.32 Å². The Hall–Kier alpha value is -2.63. The van der Waals surface area contributed by atoms with E-state index in [2.05, 4.69) is 15.4 Å². The number of aromatic nitrogens is 3. The van der Waals surface area contributed by atoms with Crippen molar-refractivity contribution in [3.63, 3.8) is 0 Å². The van der Waals surface area contributed by atoms with Crippen LogP contribution in [0.5, 0.6) is 0 Å². The summed E-state index contributed by atoms with van der Waals surface area (Å²) in [6, 6.07) is 17.4. The molecule has 2 aromatic heterocycles. The van der Waals surface area contributed by atoms with Crippen molar-refractivity contribution in [2.24, 2.45) is 0 Å². The maximum Gasteiger partial charge on any atom is 0.176 e. The monoisotopic (exact) mass is 352 g/mol. The minimum atomic E-state index is -0.625. The van der Waals surface area contributed by atoms with Gasteiger partial charge in [-0.25, -0.2) is 9.50 Å². The van der Waals surface area contributed by atoms with Crippen molar-refractivity contribution in [3.05, 3.63) is 70.9 Å². The molecular formula is C19H17ClN4O. The Bertz CT molecular complexity index is 1050. The highest BCUT2D eigenvalue weighted by Gasteiger charge is 2.15. The Morgan fingerprint density at radius 3 is 2.64 bits per heavy atom. The molecule has 2 heterocycles. The number of aliphatic hydroxyl groups excluding tert-OH is 1. The van der Waals surface area contributed by atoms with E-state index in [-0.39, 0.29) is 0 Å². The third-order valence-electron chi connectivity index (χ3n) is 4.22. The lowest BCUT2D eigenvalue weighted by Crippen LogP contribution is -2.13. The van der Waals surface area contributed by atoms with Crippen LogP contribution in [0.3, 0.4) is 0 Å². The van der Waals surface area contributed by atoms with E-state index in [4.69, 9.17) is 11.6 Å². The molecule has 0 saturated carbocycles. The fourth-order valence-electron chi connectivity index (χ4n) is 2.91. The first-order chi connectivity index (χ1) is 12.1. The summed E-state index contributed by atoms with van der Waals surface area (Å²) in [5.74, 6) is 0.680. The summed E-state index contributed by atoms with van der Waals surface area (Å²) >= 11 is 6.35. The average molecular weight is 353 g/mol. The first kappa shape index (κ1) is 15.9. The molecule has 6 heteroatoms. The highest BCUT2D eigenvalue weighted by molar-refractivity contribution is 6.34. The predicted molar refractivity (Wildman–Crippen MR) is 100 cm³/mol. The molecule has 0 aliphatic carbocycles. The van der Waals surface area contributed by atoms with Gasteiger partial charge in [-0.05, 0) is 24.6 Å². The van der Waals surface area contributed by atoms with Crippen molar-refractivity contribution in [3.8, 4) is 0 Å². The van der Waals surface area contributed by atoms with Crippen LogP contribution in [0.2, 0.25) is 5.02 Å². The minimum Gasteiger partial charge on any atom is -0.387 e. The van der Waals surface area contributed by atoms with Gasteiger partial charge >= 0.3 is 0 Å². The Balaban J connectivity index is 1.74. The van der Waals surface area contributed by atoms with Crippen molar-refractivity contribution in [2.45, 2.75) is 13.0 Å². The molecule has 25 heavy (non-hydrogen) atoms. The predicted octanol–water partition coefficient (Wildman–Crippen LogP) is 3.99. The van der Waals surface area contributed by atoms with Gasteiger partial charge in [0.2, 0.25) is 0 Å².